The maximum Gasteiger partial charge on any atom is 0.335 e. The summed E-state index contributed by atoms with van der Waals surface area (Å²) in [5.41, 5.74) is 1.99. The summed E-state index contributed by atoms with van der Waals surface area (Å²) in [5.74, 6) is -0.879. The van der Waals surface area contributed by atoms with Gasteiger partial charge in [-0.15, -0.1) is 0 Å². The van der Waals surface area contributed by atoms with E-state index in [0.717, 1.165) is 0 Å². The van der Waals surface area contributed by atoms with E-state index >= 15 is 0 Å². The van der Waals surface area contributed by atoms with Crippen LogP contribution >= 0.6 is 23.4 Å². The highest BCUT2D eigenvalue weighted by atomic mass is 35.5. The number of amides is 1. The molecule has 0 atom stereocenters. The van der Waals surface area contributed by atoms with Gasteiger partial charge in [0.2, 0.25) is 0 Å². The van der Waals surface area contributed by atoms with Crippen molar-refractivity contribution in [2.75, 3.05) is 13.2 Å². The van der Waals surface area contributed by atoms with Crippen molar-refractivity contribution in [3.63, 3.8) is 0 Å². The average Bonchev–Trinajstić information content (AvgIpc) is 3.18. The number of carboxylic acids is 1. The predicted octanol–water partition coefficient (Wildman–Crippen LogP) is 6.78. The van der Waals surface area contributed by atoms with Gasteiger partial charge in [0, 0.05) is 6.54 Å². The molecular weight excluding hydrogens is 531 g/mol. The van der Waals surface area contributed by atoms with Crippen molar-refractivity contribution in [2.24, 2.45) is 4.99 Å². The van der Waals surface area contributed by atoms with Crippen molar-refractivity contribution in [2.45, 2.75) is 20.5 Å². The van der Waals surface area contributed by atoms with Crippen LogP contribution in [-0.2, 0) is 11.4 Å². The van der Waals surface area contributed by atoms with Crippen molar-refractivity contribution in [3.05, 3.63) is 93.1 Å². The van der Waals surface area contributed by atoms with E-state index in [-0.39, 0.29) is 28.9 Å². The van der Waals surface area contributed by atoms with Gasteiger partial charge in [0.05, 0.1) is 27.8 Å². The molecule has 0 unspecified atom stereocenters. The molecule has 1 N–H and O–H groups in total. The molecule has 1 aliphatic rings. The van der Waals surface area contributed by atoms with Crippen molar-refractivity contribution in [1.82, 2.24) is 4.90 Å². The molecule has 0 aromatic heterocycles. The van der Waals surface area contributed by atoms with Crippen LogP contribution in [-0.4, -0.2) is 40.2 Å². The fourth-order valence-corrected chi connectivity index (χ4v) is 5.01. The van der Waals surface area contributed by atoms with E-state index in [1.807, 2.05) is 13.8 Å². The molecule has 1 heterocycles. The number of aromatic carboxylic acids is 1. The monoisotopic (exact) mass is 554 g/mol. The Morgan fingerprint density at radius 1 is 1.13 bits per heavy atom. The van der Waals surface area contributed by atoms with Crippen LogP contribution < -0.4 is 9.47 Å². The number of hydrogen-bond acceptors (Lipinski definition) is 6. The molecule has 38 heavy (non-hydrogen) atoms. The van der Waals surface area contributed by atoms with E-state index < -0.39 is 5.97 Å². The second-order valence-electron chi connectivity index (χ2n) is 8.09. The Labute approximate surface area is 228 Å². The molecule has 7 nitrogen and oxygen atoms in total. The van der Waals surface area contributed by atoms with E-state index in [2.05, 4.69) is 4.99 Å². The highest BCUT2D eigenvalue weighted by Gasteiger charge is 2.32. The SMILES string of the molecule is CCOc1cc(/C=C2/SC(=Nc3ccc(F)cc3)N(CC)C2=O)cc(Cl)c1OCc1cccc(C(=O)O)c1. The number of carbonyl (C=O) groups excluding carboxylic acids is 1. The minimum absolute atomic E-state index is 0.0877. The van der Waals surface area contributed by atoms with Crippen molar-refractivity contribution in [1.29, 1.82) is 0 Å². The summed E-state index contributed by atoms with van der Waals surface area (Å²) in [6, 6.07) is 15.6. The number of carbonyl (C=O) groups is 2. The summed E-state index contributed by atoms with van der Waals surface area (Å²) in [6.45, 7) is 4.54. The number of ether oxygens (including phenoxy) is 2. The topological polar surface area (TPSA) is 88.4 Å². The molecule has 0 saturated carbocycles. The molecule has 1 aliphatic heterocycles. The Hall–Kier alpha value is -3.82. The van der Waals surface area contributed by atoms with Gasteiger partial charge in [-0.3, -0.25) is 9.69 Å². The van der Waals surface area contributed by atoms with Crippen molar-refractivity contribution < 1.29 is 28.6 Å². The highest BCUT2D eigenvalue weighted by Crippen LogP contribution is 2.40. The van der Waals surface area contributed by atoms with E-state index in [9.17, 15) is 19.1 Å². The lowest BCUT2D eigenvalue weighted by atomic mass is 10.1. The first-order chi connectivity index (χ1) is 18.3. The fraction of sp³-hybridized carbons (Fsp3) is 0.179. The van der Waals surface area contributed by atoms with Gasteiger partial charge >= 0.3 is 5.97 Å². The van der Waals surface area contributed by atoms with Gasteiger partial charge < -0.3 is 14.6 Å². The van der Waals surface area contributed by atoms with E-state index in [1.165, 1.54) is 36.0 Å². The zero-order chi connectivity index (χ0) is 27.2. The molecular formula is C28H24ClFN2O5S. The smallest absolute Gasteiger partial charge is 0.335 e. The third kappa shape index (κ3) is 6.35. The van der Waals surface area contributed by atoms with Gasteiger partial charge in [0.1, 0.15) is 12.4 Å². The Kier molecular flexibility index (Phi) is 8.70. The van der Waals surface area contributed by atoms with Crippen molar-refractivity contribution in [3.8, 4) is 11.5 Å². The highest BCUT2D eigenvalue weighted by molar-refractivity contribution is 8.18. The number of rotatable bonds is 9. The van der Waals surface area contributed by atoms with Crippen LogP contribution in [0.4, 0.5) is 10.1 Å². The molecule has 1 amide bonds. The third-order valence-electron chi connectivity index (χ3n) is 5.44. The number of carboxylic acid groups (broad SMARTS) is 1. The minimum Gasteiger partial charge on any atom is -0.490 e. The summed E-state index contributed by atoms with van der Waals surface area (Å²) >= 11 is 7.78. The van der Waals surface area contributed by atoms with E-state index in [4.69, 9.17) is 21.1 Å². The molecule has 196 valence electrons. The Morgan fingerprint density at radius 2 is 1.89 bits per heavy atom. The molecule has 3 aromatic rings. The minimum atomic E-state index is -1.02. The summed E-state index contributed by atoms with van der Waals surface area (Å²) in [4.78, 5) is 30.8. The van der Waals surface area contributed by atoms with Gasteiger partial charge in [0.25, 0.3) is 5.91 Å². The van der Waals surface area contributed by atoms with Crippen LogP contribution in [0.25, 0.3) is 6.08 Å². The zero-order valence-electron chi connectivity index (χ0n) is 20.6. The number of thioether (sulfide) groups is 1. The third-order valence-corrected chi connectivity index (χ3v) is 6.73. The summed E-state index contributed by atoms with van der Waals surface area (Å²) in [5, 5.41) is 9.99. The number of benzene rings is 3. The van der Waals surface area contributed by atoms with Crippen LogP contribution in [0.3, 0.4) is 0 Å². The molecule has 1 fully saturated rings. The number of halogens is 2. The Morgan fingerprint density at radius 3 is 2.58 bits per heavy atom. The molecule has 10 heteroatoms. The second-order valence-corrected chi connectivity index (χ2v) is 9.50. The van der Waals surface area contributed by atoms with Crippen LogP contribution in [0.15, 0.2) is 70.6 Å². The van der Waals surface area contributed by atoms with E-state index in [0.29, 0.717) is 51.5 Å². The number of aliphatic imine (C=N–C) groups is 1. The van der Waals surface area contributed by atoms with Gasteiger partial charge in [-0.1, -0.05) is 23.7 Å². The largest absolute Gasteiger partial charge is 0.490 e. The first-order valence-corrected chi connectivity index (χ1v) is 13.0. The number of hydrogen-bond donors (Lipinski definition) is 1. The summed E-state index contributed by atoms with van der Waals surface area (Å²) in [6.07, 6.45) is 1.71. The van der Waals surface area contributed by atoms with Crippen LogP contribution in [0.2, 0.25) is 5.02 Å². The molecule has 1 saturated heterocycles. The molecule has 0 radical (unpaired) electrons. The molecule has 0 bridgehead atoms. The summed E-state index contributed by atoms with van der Waals surface area (Å²) < 4.78 is 24.9. The molecule has 0 aliphatic carbocycles. The maximum absolute atomic E-state index is 13.3. The lowest BCUT2D eigenvalue weighted by Crippen LogP contribution is -2.28. The normalized spacial score (nSPS) is 15.4. The first kappa shape index (κ1) is 27.2. The van der Waals surface area contributed by atoms with Crippen molar-refractivity contribution >= 4 is 52.2 Å². The van der Waals surface area contributed by atoms with E-state index in [1.54, 1.807) is 47.4 Å². The lowest BCUT2D eigenvalue weighted by Gasteiger charge is -2.15. The van der Waals surface area contributed by atoms with Gasteiger partial charge in [-0.2, -0.15) is 0 Å². The first-order valence-electron chi connectivity index (χ1n) is 11.8. The number of likely N-dealkylation sites (N-methyl/N-ethyl adjacent to an activating group) is 1. The standard InChI is InChI=1S/C28H24ClFN2O5S/c1-3-32-26(33)24(38-28(32)31-21-10-8-20(30)9-11-21)15-18-13-22(29)25(23(14-18)36-4-2)37-16-17-6-5-7-19(12-17)27(34)35/h5-15H,3-4,16H2,1-2H3,(H,34,35)/b24-15+,31-28?. The number of nitrogens with zero attached hydrogens (tertiary/aromatic N) is 2. The molecule has 4 rings (SSSR count). The average molecular weight is 555 g/mol. The van der Waals surface area contributed by atoms with Gasteiger partial charge in [0.15, 0.2) is 16.7 Å². The molecule has 3 aromatic carbocycles. The van der Waals surface area contributed by atoms with Crippen LogP contribution in [0.5, 0.6) is 11.5 Å². The Bertz CT molecular complexity index is 1430. The Balaban J connectivity index is 1.60. The van der Waals surface area contributed by atoms with Crippen LogP contribution in [0.1, 0.15) is 35.3 Å². The van der Waals surface area contributed by atoms with Gasteiger partial charge in [-0.25, -0.2) is 14.2 Å². The number of amidine groups is 1. The lowest BCUT2D eigenvalue weighted by molar-refractivity contribution is -0.122. The van der Waals surface area contributed by atoms with Gasteiger partial charge in [-0.05, 0) is 91.3 Å². The zero-order valence-corrected chi connectivity index (χ0v) is 22.2. The van der Waals surface area contributed by atoms with Crippen LogP contribution in [0, 0.1) is 5.82 Å². The quantitative estimate of drug-likeness (QED) is 0.293. The fourth-order valence-electron chi connectivity index (χ4n) is 3.67. The molecule has 0 spiro atoms. The second kappa shape index (κ2) is 12.1. The summed E-state index contributed by atoms with van der Waals surface area (Å²) in [7, 11) is 0. The predicted molar refractivity (Wildman–Crippen MR) is 147 cm³/mol. The maximum atomic E-state index is 13.3.